The van der Waals surface area contributed by atoms with Crippen molar-refractivity contribution in [3.63, 3.8) is 0 Å². The molecule has 2 amide bonds. The van der Waals surface area contributed by atoms with Crippen molar-refractivity contribution in [1.29, 1.82) is 0 Å². The van der Waals surface area contributed by atoms with Gasteiger partial charge in [-0.05, 0) is 45.1 Å². The molecule has 2 atom stereocenters. The molecule has 1 aromatic heterocycles. The van der Waals surface area contributed by atoms with Gasteiger partial charge in [-0.2, -0.15) is 5.10 Å². The summed E-state index contributed by atoms with van der Waals surface area (Å²) in [6.45, 7) is 5.47. The third kappa shape index (κ3) is 3.17. The number of aromatic nitrogens is 2. The molecule has 2 N–H and O–H groups in total. The highest BCUT2D eigenvalue weighted by molar-refractivity contribution is 5.86. The third-order valence-electron chi connectivity index (χ3n) is 5.92. The number of hydrogen-bond donors (Lipinski definition) is 2. The average molecular weight is 348 g/mol. The highest BCUT2D eigenvalue weighted by Crippen LogP contribution is 2.37. The molecule has 0 aromatic carbocycles. The van der Waals surface area contributed by atoms with E-state index in [0.717, 1.165) is 23.4 Å². The molecule has 138 valence electrons. The summed E-state index contributed by atoms with van der Waals surface area (Å²) in [7, 11) is 1.91. The standard InChI is InChI=1S/C18H28N4O3/c1-12-14(13(2)21(3)20-12)5-6-16(24)22-10-7-15(23)18(11-22)8-4-9-19-17(18)25/h15,23H,4-11H2,1-3H3,(H,19,25)/t15-,18+/m0/s1. The normalized spacial score (nSPS) is 26.8. The quantitative estimate of drug-likeness (QED) is 0.831. The lowest BCUT2D eigenvalue weighted by Crippen LogP contribution is -2.62. The summed E-state index contributed by atoms with van der Waals surface area (Å²) >= 11 is 0. The second-order valence-corrected chi connectivity index (χ2v) is 7.41. The monoisotopic (exact) mass is 348 g/mol. The van der Waals surface area contributed by atoms with Gasteiger partial charge in [0.2, 0.25) is 11.8 Å². The van der Waals surface area contributed by atoms with Crippen LogP contribution < -0.4 is 5.32 Å². The fourth-order valence-corrected chi connectivity index (χ4v) is 4.23. The van der Waals surface area contributed by atoms with E-state index in [0.29, 0.717) is 45.3 Å². The van der Waals surface area contributed by atoms with Gasteiger partial charge < -0.3 is 15.3 Å². The van der Waals surface area contributed by atoms with E-state index in [1.807, 2.05) is 25.6 Å². The van der Waals surface area contributed by atoms with Gasteiger partial charge in [-0.15, -0.1) is 0 Å². The van der Waals surface area contributed by atoms with Crippen LogP contribution in [0.3, 0.4) is 0 Å². The second kappa shape index (κ2) is 6.78. The highest BCUT2D eigenvalue weighted by Gasteiger charge is 2.50. The minimum absolute atomic E-state index is 0.0484. The lowest BCUT2D eigenvalue weighted by molar-refractivity contribution is -0.154. The largest absolute Gasteiger partial charge is 0.392 e. The van der Waals surface area contributed by atoms with Crippen LogP contribution in [0.1, 0.15) is 42.6 Å². The SMILES string of the molecule is Cc1nn(C)c(C)c1CCC(=O)N1CC[C@H](O)[C@@]2(CCCNC2=O)C1. The van der Waals surface area contributed by atoms with Crippen molar-refractivity contribution in [3.8, 4) is 0 Å². The molecule has 3 rings (SSSR count). The minimum atomic E-state index is -0.827. The predicted molar refractivity (Wildman–Crippen MR) is 92.9 cm³/mol. The summed E-state index contributed by atoms with van der Waals surface area (Å²) in [5.74, 6) is -0.0602. The predicted octanol–water partition coefficient (Wildman–Crippen LogP) is 0.459. The first-order chi connectivity index (χ1) is 11.8. The van der Waals surface area contributed by atoms with E-state index in [9.17, 15) is 14.7 Å². The van der Waals surface area contributed by atoms with E-state index >= 15 is 0 Å². The molecule has 3 heterocycles. The maximum absolute atomic E-state index is 12.7. The maximum Gasteiger partial charge on any atom is 0.230 e. The van der Waals surface area contributed by atoms with E-state index < -0.39 is 11.5 Å². The van der Waals surface area contributed by atoms with E-state index in [1.165, 1.54) is 0 Å². The Morgan fingerprint density at radius 3 is 2.84 bits per heavy atom. The van der Waals surface area contributed by atoms with Crippen LogP contribution in [0.25, 0.3) is 0 Å². The number of carbonyl (C=O) groups excluding carboxylic acids is 2. The van der Waals surface area contributed by atoms with E-state index in [4.69, 9.17) is 0 Å². The van der Waals surface area contributed by atoms with Crippen LogP contribution in [0, 0.1) is 19.3 Å². The van der Waals surface area contributed by atoms with Crippen LogP contribution in [0.2, 0.25) is 0 Å². The van der Waals surface area contributed by atoms with Crippen molar-refractivity contribution in [3.05, 3.63) is 17.0 Å². The number of nitrogens with zero attached hydrogens (tertiary/aromatic N) is 3. The van der Waals surface area contributed by atoms with Crippen molar-refractivity contribution in [2.24, 2.45) is 12.5 Å². The topological polar surface area (TPSA) is 87.5 Å². The van der Waals surface area contributed by atoms with Gasteiger partial charge >= 0.3 is 0 Å². The van der Waals surface area contributed by atoms with Crippen LogP contribution in [0.5, 0.6) is 0 Å². The number of carbonyl (C=O) groups is 2. The number of nitrogens with one attached hydrogen (secondary N) is 1. The van der Waals surface area contributed by atoms with Gasteiger partial charge in [0.1, 0.15) is 0 Å². The first-order valence-corrected chi connectivity index (χ1v) is 9.08. The molecule has 0 radical (unpaired) electrons. The molecule has 2 fully saturated rings. The van der Waals surface area contributed by atoms with Crippen molar-refractivity contribution >= 4 is 11.8 Å². The van der Waals surface area contributed by atoms with Crippen molar-refractivity contribution in [2.75, 3.05) is 19.6 Å². The van der Waals surface area contributed by atoms with Crippen molar-refractivity contribution in [2.45, 2.75) is 52.1 Å². The Hall–Kier alpha value is -1.89. The molecule has 1 aromatic rings. The minimum Gasteiger partial charge on any atom is -0.392 e. The number of piperidine rings is 2. The molecule has 2 saturated heterocycles. The Kier molecular flexibility index (Phi) is 4.86. The van der Waals surface area contributed by atoms with Gasteiger partial charge in [0.15, 0.2) is 0 Å². The van der Waals surface area contributed by atoms with Crippen LogP contribution in [-0.4, -0.2) is 57.3 Å². The molecular weight excluding hydrogens is 320 g/mol. The Morgan fingerprint density at radius 2 is 2.20 bits per heavy atom. The lowest BCUT2D eigenvalue weighted by Gasteiger charge is -2.46. The molecule has 2 aliphatic heterocycles. The average Bonchev–Trinajstić information content (AvgIpc) is 2.83. The van der Waals surface area contributed by atoms with Gasteiger partial charge in [-0.3, -0.25) is 14.3 Å². The lowest BCUT2D eigenvalue weighted by atomic mass is 9.71. The Morgan fingerprint density at radius 1 is 1.44 bits per heavy atom. The number of rotatable bonds is 3. The van der Waals surface area contributed by atoms with Gasteiger partial charge in [0, 0.05) is 38.8 Å². The van der Waals surface area contributed by atoms with Gasteiger partial charge in [-0.25, -0.2) is 0 Å². The number of aryl methyl sites for hydroxylation is 2. The molecule has 7 nitrogen and oxygen atoms in total. The molecular formula is C18H28N4O3. The molecule has 7 heteroatoms. The maximum atomic E-state index is 12.7. The fourth-order valence-electron chi connectivity index (χ4n) is 4.23. The second-order valence-electron chi connectivity index (χ2n) is 7.41. The van der Waals surface area contributed by atoms with E-state index in [-0.39, 0.29) is 11.8 Å². The Balaban J connectivity index is 1.67. The van der Waals surface area contributed by atoms with E-state index in [2.05, 4.69) is 10.4 Å². The summed E-state index contributed by atoms with van der Waals surface area (Å²) in [5, 5.41) is 17.7. The van der Waals surface area contributed by atoms with Gasteiger partial charge in [-0.1, -0.05) is 0 Å². The third-order valence-corrected chi connectivity index (χ3v) is 5.92. The van der Waals surface area contributed by atoms with Crippen molar-refractivity contribution < 1.29 is 14.7 Å². The smallest absolute Gasteiger partial charge is 0.230 e. The van der Waals surface area contributed by atoms with Gasteiger partial charge in [0.05, 0.1) is 17.2 Å². The first-order valence-electron chi connectivity index (χ1n) is 9.08. The first kappa shape index (κ1) is 17.9. The number of hydrogen-bond acceptors (Lipinski definition) is 4. The van der Waals surface area contributed by atoms with Crippen molar-refractivity contribution in [1.82, 2.24) is 20.0 Å². The molecule has 2 aliphatic rings. The van der Waals surface area contributed by atoms with Crippen LogP contribution in [0.4, 0.5) is 0 Å². The van der Waals surface area contributed by atoms with Crippen LogP contribution in [0.15, 0.2) is 0 Å². The van der Waals surface area contributed by atoms with E-state index in [1.54, 1.807) is 4.90 Å². The Labute approximate surface area is 148 Å². The number of aliphatic hydroxyl groups excluding tert-OH is 1. The summed E-state index contributed by atoms with van der Waals surface area (Å²) in [6, 6.07) is 0. The van der Waals surface area contributed by atoms with Gasteiger partial charge in [0.25, 0.3) is 0 Å². The highest BCUT2D eigenvalue weighted by atomic mass is 16.3. The zero-order valence-electron chi connectivity index (χ0n) is 15.3. The molecule has 0 saturated carbocycles. The van der Waals surface area contributed by atoms with Crippen LogP contribution >= 0.6 is 0 Å². The zero-order chi connectivity index (χ0) is 18.2. The zero-order valence-corrected chi connectivity index (χ0v) is 15.3. The molecule has 25 heavy (non-hydrogen) atoms. The van der Waals surface area contributed by atoms with Crippen LogP contribution in [-0.2, 0) is 23.1 Å². The summed E-state index contributed by atoms with van der Waals surface area (Å²) in [6.07, 6.45) is 2.34. The molecule has 1 spiro atoms. The summed E-state index contributed by atoms with van der Waals surface area (Å²) in [4.78, 5) is 26.9. The molecule has 0 bridgehead atoms. The molecule has 0 aliphatic carbocycles. The number of amides is 2. The number of likely N-dealkylation sites (tertiary alicyclic amines) is 1. The summed E-state index contributed by atoms with van der Waals surface area (Å²) in [5.41, 5.74) is 2.34. The fraction of sp³-hybridized carbons (Fsp3) is 0.722. The molecule has 0 unspecified atom stereocenters. The number of aliphatic hydroxyl groups is 1. The Bertz CT molecular complexity index is 684. The summed E-state index contributed by atoms with van der Waals surface area (Å²) < 4.78 is 1.84.